The van der Waals surface area contributed by atoms with Gasteiger partial charge in [0.1, 0.15) is 6.10 Å². The molecule has 1 saturated heterocycles. The first-order valence-electron chi connectivity index (χ1n) is 7.43. The molecule has 0 aliphatic carbocycles. The third-order valence-electron chi connectivity index (χ3n) is 3.57. The van der Waals surface area contributed by atoms with Crippen LogP contribution in [0.2, 0.25) is 0 Å². The highest BCUT2D eigenvalue weighted by Crippen LogP contribution is 2.24. The van der Waals surface area contributed by atoms with Gasteiger partial charge in [0.25, 0.3) is 5.91 Å². The number of hydrogen-bond donors (Lipinski definition) is 1. The Labute approximate surface area is 129 Å². The quantitative estimate of drug-likeness (QED) is 0.934. The lowest BCUT2D eigenvalue weighted by molar-refractivity contribution is 0.00940. The predicted octanol–water partition coefficient (Wildman–Crippen LogP) is 2.04. The summed E-state index contributed by atoms with van der Waals surface area (Å²) in [5.74, 6) is 0.565. The molecule has 2 aromatic rings. The molecule has 2 aromatic heterocycles. The van der Waals surface area contributed by atoms with E-state index in [0.717, 1.165) is 37.3 Å². The predicted molar refractivity (Wildman–Crippen MR) is 80.0 cm³/mol. The number of nitrogens with one attached hydrogen (secondary N) is 1. The standard InChI is InChI=1S/C16H18N4O2/c21-16(13-4-3-6-17-11-13)20-10-12-8-18-15(19-9-12)14-5-1-2-7-22-14/h3-4,6,8-9,11,14H,1-2,5,7,10H2,(H,20,21)/t14-/m1/s1. The van der Waals surface area contributed by atoms with Crippen LogP contribution in [0, 0.1) is 0 Å². The Morgan fingerprint density at radius 1 is 1.27 bits per heavy atom. The Morgan fingerprint density at radius 3 is 2.82 bits per heavy atom. The van der Waals surface area contributed by atoms with Gasteiger partial charge in [0.05, 0.1) is 5.56 Å². The fourth-order valence-corrected chi connectivity index (χ4v) is 2.35. The van der Waals surface area contributed by atoms with E-state index in [0.29, 0.717) is 12.1 Å². The third kappa shape index (κ3) is 3.65. The fraction of sp³-hybridized carbons (Fsp3) is 0.375. The zero-order valence-electron chi connectivity index (χ0n) is 12.2. The first-order valence-corrected chi connectivity index (χ1v) is 7.43. The highest BCUT2D eigenvalue weighted by Gasteiger charge is 2.18. The summed E-state index contributed by atoms with van der Waals surface area (Å²) in [5.41, 5.74) is 1.40. The molecule has 0 radical (unpaired) electrons. The second-order valence-corrected chi connectivity index (χ2v) is 5.23. The Kier molecular flexibility index (Phi) is 4.70. The van der Waals surface area contributed by atoms with E-state index in [1.807, 2.05) is 0 Å². The molecule has 0 bridgehead atoms. The molecule has 1 amide bonds. The molecular formula is C16H18N4O2. The SMILES string of the molecule is O=C(NCc1cnc([C@H]2CCCCO2)nc1)c1cccnc1. The highest BCUT2D eigenvalue weighted by atomic mass is 16.5. The zero-order valence-corrected chi connectivity index (χ0v) is 12.2. The molecule has 6 nitrogen and oxygen atoms in total. The minimum atomic E-state index is -0.159. The zero-order chi connectivity index (χ0) is 15.2. The van der Waals surface area contributed by atoms with Gasteiger partial charge in [0.2, 0.25) is 0 Å². The van der Waals surface area contributed by atoms with Crippen molar-refractivity contribution in [2.75, 3.05) is 6.61 Å². The van der Waals surface area contributed by atoms with Crippen molar-refractivity contribution < 1.29 is 9.53 Å². The number of carbonyl (C=O) groups excluding carboxylic acids is 1. The maximum Gasteiger partial charge on any atom is 0.253 e. The van der Waals surface area contributed by atoms with Crippen LogP contribution in [0.3, 0.4) is 0 Å². The van der Waals surface area contributed by atoms with E-state index in [-0.39, 0.29) is 12.0 Å². The van der Waals surface area contributed by atoms with Gasteiger partial charge in [-0.25, -0.2) is 9.97 Å². The summed E-state index contributed by atoms with van der Waals surface area (Å²) in [6.45, 7) is 1.16. The van der Waals surface area contributed by atoms with Crippen molar-refractivity contribution in [3.05, 3.63) is 53.9 Å². The lowest BCUT2D eigenvalue weighted by Crippen LogP contribution is -2.23. The largest absolute Gasteiger partial charge is 0.370 e. The summed E-state index contributed by atoms with van der Waals surface area (Å²) in [7, 11) is 0. The summed E-state index contributed by atoms with van der Waals surface area (Å²) in [5, 5.41) is 2.82. The Balaban J connectivity index is 1.56. The lowest BCUT2D eigenvalue weighted by Gasteiger charge is -2.21. The van der Waals surface area contributed by atoms with Crippen LogP contribution in [-0.4, -0.2) is 27.5 Å². The Hall–Kier alpha value is -2.34. The molecule has 22 heavy (non-hydrogen) atoms. The van der Waals surface area contributed by atoms with Crippen LogP contribution >= 0.6 is 0 Å². The van der Waals surface area contributed by atoms with Crippen LogP contribution in [0.1, 0.15) is 47.1 Å². The van der Waals surface area contributed by atoms with Crippen LogP contribution in [0.4, 0.5) is 0 Å². The molecule has 3 rings (SSSR count). The molecule has 6 heteroatoms. The molecule has 0 saturated carbocycles. The minimum Gasteiger partial charge on any atom is -0.370 e. The normalized spacial score (nSPS) is 17.9. The van der Waals surface area contributed by atoms with Gasteiger partial charge >= 0.3 is 0 Å². The van der Waals surface area contributed by atoms with E-state index in [4.69, 9.17) is 4.74 Å². The second-order valence-electron chi connectivity index (χ2n) is 5.23. The van der Waals surface area contributed by atoms with Gasteiger partial charge in [-0.05, 0) is 31.4 Å². The van der Waals surface area contributed by atoms with Gasteiger partial charge in [-0.15, -0.1) is 0 Å². The van der Waals surface area contributed by atoms with Gasteiger partial charge in [0.15, 0.2) is 5.82 Å². The number of carbonyl (C=O) groups is 1. The van der Waals surface area contributed by atoms with Gasteiger partial charge < -0.3 is 10.1 Å². The number of ether oxygens (including phenoxy) is 1. The van der Waals surface area contributed by atoms with Crippen LogP contribution in [0.25, 0.3) is 0 Å². The molecule has 114 valence electrons. The molecule has 0 unspecified atom stereocenters. The van der Waals surface area contributed by atoms with E-state index >= 15 is 0 Å². The number of nitrogens with zero attached hydrogens (tertiary/aromatic N) is 3. The molecule has 1 aliphatic heterocycles. The number of amides is 1. The number of aromatic nitrogens is 3. The van der Waals surface area contributed by atoms with Gasteiger partial charge in [0, 0.05) is 43.5 Å². The number of hydrogen-bond acceptors (Lipinski definition) is 5. The van der Waals surface area contributed by atoms with Crippen LogP contribution in [-0.2, 0) is 11.3 Å². The first-order chi connectivity index (χ1) is 10.8. The van der Waals surface area contributed by atoms with E-state index < -0.39 is 0 Å². The van der Waals surface area contributed by atoms with Crippen LogP contribution in [0.5, 0.6) is 0 Å². The van der Waals surface area contributed by atoms with Crippen molar-refractivity contribution in [3.63, 3.8) is 0 Å². The second kappa shape index (κ2) is 7.09. The molecule has 1 atom stereocenters. The van der Waals surface area contributed by atoms with Gasteiger partial charge in [-0.3, -0.25) is 9.78 Å². The van der Waals surface area contributed by atoms with Crippen molar-refractivity contribution in [2.45, 2.75) is 31.9 Å². The van der Waals surface area contributed by atoms with Crippen molar-refractivity contribution in [3.8, 4) is 0 Å². The van der Waals surface area contributed by atoms with Gasteiger partial charge in [-0.1, -0.05) is 0 Å². The Bertz CT molecular complexity index is 610. The topological polar surface area (TPSA) is 77.0 Å². The van der Waals surface area contributed by atoms with E-state index in [1.165, 1.54) is 6.20 Å². The van der Waals surface area contributed by atoms with Crippen LogP contribution in [0.15, 0.2) is 36.9 Å². The van der Waals surface area contributed by atoms with Crippen molar-refractivity contribution in [1.29, 1.82) is 0 Å². The molecule has 0 aromatic carbocycles. The molecule has 3 heterocycles. The van der Waals surface area contributed by atoms with Crippen molar-refractivity contribution in [1.82, 2.24) is 20.3 Å². The van der Waals surface area contributed by atoms with Crippen LogP contribution < -0.4 is 5.32 Å². The molecule has 1 aliphatic rings. The summed E-state index contributed by atoms with van der Waals surface area (Å²) >= 11 is 0. The minimum absolute atomic E-state index is 0.00721. The van der Waals surface area contributed by atoms with E-state index in [1.54, 1.807) is 30.7 Å². The maximum atomic E-state index is 11.9. The monoisotopic (exact) mass is 298 g/mol. The molecule has 1 fully saturated rings. The summed E-state index contributed by atoms with van der Waals surface area (Å²) in [6.07, 6.45) is 9.88. The van der Waals surface area contributed by atoms with Crippen molar-refractivity contribution in [2.24, 2.45) is 0 Å². The molecule has 1 N–H and O–H groups in total. The molecule has 0 spiro atoms. The Morgan fingerprint density at radius 2 is 2.14 bits per heavy atom. The number of pyridine rings is 1. The fourth-order valence-electron chi connectivity index (χ4n) is 2.35. The highest BCUT2D eigenvalue weighted by molar-refractivity contribution is 5.93. The van der Waals surface area contributed by atoms with Gasteiger partial charge in [-0.2, -0.15) is 0 Å². The average Bonchev–Trinajstić information content (AvgIpc) is 2.61. The maximum absolute atomic E-state index is 11.9. The first kappa shape index (κ1) is 14.6. The lowest BCUT2D eigenvalue weighted by atomic mass is 10.1. The summed E-state index contributed by atoms with van der Waals surface area (Å²) < 4.78 is 5.66. The van der Waals surface area contributed by atoms with E-state index in [2.05, 4.69) is 20.3 Å². The third-order valence-corrected chi connectivity index (χ3v) is 3.57. The average molecular weight is 298 g/mol. The smallest absolute Gasteiger partial charge is 0.253 e. The molecular weight excluding hydrogens is 280 g/mol. The summed E-state index contributed by atoms with van der Waals surface area (Å²) in [4.78, 5) is 24.6. The van der Waals surface area contributed by atoms with Crippen molar-refractivity contribution >= 4 is 5.91 Å². The van der Waals surface area contributed by atoms with E-state index in [9.17, 15) is 4.79 Å². The summed E-state index contributed by atoms with van der Waals surface area (Å²) in [6, 6.07) is 3.46. The number of rotatable bonds is 4.